The molecule has 104 valence electrons. The van der Waals surface area contributed by atoms with Gasteiger partial charge in [0.05, 0.1) is 0 Å². The van der Waals surface area contributed by atoms with Crippen LogP contribution in [-0.4, -0.2) is 28.7 Å². The van der Waals surface area contributed by atoms with Crippen LogP contribution in [0.2, 0.25) is 5.32 Å². The van der Waals surface area contributed by atoms with E-state index in [4.69, 9.17) is 9.47 Å². The topological polar surface area (TPSA) is 18.5 Å². The molecule has 0 amide bonds. The molecular weight excluding hydrogens is 315 g/mol. The summed E-state index contributed by atoms with van der Waals surface area (Å²) in [6.45, 7) is 0.828. The van der Waals surface area contributed by atoms with E-state index >= 15 is 0 Å². The monoisotopic (exact) mass is 334 g/mol. The third kappa shape index (κ3) is 3.00. The first kappa shape index (κ1) is 13.5. The average Bonchev–Trinajstić information content (AvgIpc) is 2.53. The third-order valence-electron chi connectivity index (χ3n) is 3.58. The van der Waals surface area contributed by atoms with Gasteiger partial charge < -0.3 is 0 Å². The van der Waals surface area contributed by atoms with E-state index in [0.29, 0.717) is 20.9 Å². The standard InChI is InChI=1S/C17H18O2Se/c1-18-14-7-8-17-16(11-14)13(9-10-19-17)12-20-15-5-3-2-4-6-15/h2-8,11,13H,9-10,12H2,1H3. The molecule has 3 rings (SSSR count). The molecule has 2 aromatic rings. The van der Waals surface area contributed by atoms with Gasteiger partial charge in [-0.15, -0.1) is 0 Å². The van der Waals surface area contributed by atoms with Crippen LogP contribution in [0.1, 0.15) is 17.9 Å². The second-order valence-corrected chi connectivity index (χ2v) is 7.16. The molecule has 0 bridgehead atoms. The van der Waals surface area contributed by atoms with Crippen LogP contribution in [0.4, 0.5) is 0 Å². The first-order chi connectivity index (χ1) is 9.86. The zero-order chi connectivity index (χ0) is 13.8. The Balaban J connectivity index is 1.75. The molecule has 0 fully saturated rings. The second-order valence-electron chi connectivity index (χ2n) is 4.86. The van der Waals surface area contributed by atoms with Crippen molar-refractivity contribution in [2.45, 2.75) is 17.7 Å². The van der Waals surface area contributed by atoms with Crippen molar-refractivity contribution in [1.29, 1.82) is 0 Å². The molecule has 20 heavy (non-hydrogen) atoms. The van der Waals surface area contributed by atoms with Crippen LogP contribution in [0.25, 0.3) is 0 Å². The summed E-state index contributed by atoms with van der Waals surface area (Å²) in [4.78, 5) is 0. The predicted octanol–water partition coefficient (Wildman–Crippen LogP) is 3.01. The zero-order valence-corrected chi connectivity index (χ0v) is 13.3. The normalized spacial score (nSPS) is 17.1. The maximum absolute atomic E-state index is 5.76. The van der Waals surface area contributed by atoms with Gasteiger partial charge in [-0.25, -0.2) is 0 Å². The van der Waals surface area contributed by atoms with E-state index in [0.717, 1.165) is 24.5 Å². The molecule has 2 aromatic carbocycles. The van der Waals surface area contributed by atoms with Crippen molar-refractivity contribution in [3.63, 3.8) is 0 Å². The molecule has 0 saturated carbocycles. The van der Waals surface area contributed by atoms with Crippen molar-refractivity contribution >= 4 is 19.4 Å². The van der Waals surface area contributed by atoms with Crippen LogP contribution in [0.5, 0.6) is 11.5 Å². The molecule has 0 aromatic heterocycles. The minimum absolute atomic E-state index is 0.517. The third-order valence-corrected chi connectivity index (χ3v) is 6.04. The van der Waals surface area contributed by atoms with Gasteiger partial charge in [-0.1, -0.05) is 0 Å². The molecule has 1 aliphatic rings. The van der Waals surface area contributed by atoms with Gasteiger partial charge in [-0.3, -0.25) is 0 Å². The molecule has 0 radical (unpaired) electrons. The molecule has 0 spiro atoms. The van der Waals surface area contributed by atoms with Crippen molar-refractivity contribution in [2.24, 2.45) is 0 Å². The number of rotatable bonds is 4. The van der Waals surface area contributed by atoms with Crippen molar-refractivity contribution in [3.05, 3.63) is 54.1 Å². The summed E-state index contributed by atoms with van der Waals surface area (Å²) in [6, 6.07) is 16.9. The van der Waals surface area contributed by atoms with E-state index < -0.39 is 0 Å². The van der Waals surface area contributed by atoms with Crippen LogP contribution in [0.3, 0.4) is 0 Å². The molecular formula is C17H18O2Se. The van der Waals surface area contributed by atoms with Gasteiger partial charge in [-0.2, -0.15) is 0 Å². The van der Waals surface area contributed by atoms with Gasteiger partial charge in [0.15, 0.2) is 0 Å². The maximum atomic E-state index is 5.76. The van der Waals surface area contributed by atoms with Crippen molar-refractivity contribution in [3.8, 4) is 11.5 Å². The summed E-state index contributed by atoms with van der Waals surface area (Å²) in [5.74, 6) is 2.55. The Kier molecular flexibility index (Phi) is 4.29. The Labute approximate surface area is 126 Å². The fourth-order valence-electron chi connectivity index (χ4n) is 2.46. The molecule has 1 heterocycles. The number of methoxy groups -OCH3 is 1. The average molecular weight is 333 g/mol. The Morgan fingerprint density at radius 3 is 2.85 bits per heavy atom. The molecule has 1 aliphatic heterocycles. The minimum atomic E-state index is 0.517. The van der Waals surface area contributed by atoms with Gasteiger partial charge in [0.2, 0.25) is 0 Å². The fourth-order valence-corrected chi connectivity index (χ4v) is 4.74. The number of hydrogen-bond acceptors (Lipinski definition) is 2. The van der Waals surface area contributed by atoms with Crippen LogP contribution >= 0.6 is 0 Å². The van der Waals surface area contributed by atoms with Gasteiger partial charge in [-0.05, 0) is 0 Å². The first-order valence-electron chi connectivity index (χ1n) is 6.85. The molecule has 0 saturated heterocycles. The summed E-state index contributed by atoms with van der Waals surface area (Å²) in [5.41, 5.74) is 1.31. The molecule has 1 unspecified atom stereocenters. The number of fused-ring (bicyclic) bond motifs is 1. The van der Waals surface area contributed by atoms with Gasteiger partial charge in [0.1, 0.15) is 0 Å². The van der Waals surface area contributed by atoms with E-state index in [-0.39, 0.29) is 0 Å². The molecule has 1 atom stereocenters. The van der Waals surface area contributed by atoms with Crippen molar-refractivity contribution in [1.82, 2.24) is 0 Å². The second kappa shape index (κ2) is 6.34. The van der Waals surface area contributed by atoms with Gasteiger partial charge in [0.25, 0.3) is 0 Å². The number of benzene rings is 2. The Bertz CT molecular complexity index is 568. The van der Waals surface area contributed by atoms with E-state index in [1.165, 1.54) is 15.3 Å². The van der Waals surface area contributed by atoms with E-state index in [2.05, 4.69) is 36.4 Å². The quantitative estimate of drug-likeness (QED) is 0.801. The molecule has 0 N–H and O–H groups in total. The summed E-state index contributed by atoms with van der Waals surface area (Å²) in [5, 5.41) is 1.22. The summed E-state index contributed by atoms with van der Waals surface area (Å²) in [7, 11) is 1.72. The number of hydrogen-bond donors (Lipinski definition) is 0. The number of ether oxygens (including phenoxy) is 2. The van der Waals surface area contributed by atoms with E-state index in [9.17, 15) is 0 Å². The van der Waals surface area contributed by atoms with Crippen LogP contribution < -0.4 is 13.9 Å². The molecule has 3 heteroatoms. The Morgan fingerprint density at radius 2 is 2.05 bits per heavy atom. The summed E-state index contributed by atoms with van der Waals surface area (Å²) in [6.07, 6.45) is 1.11. The van der Waals surface area contributed by atoms with Gasteiger partial charge >= 0.3 is 126 Å². The van der Waals surface area contributed by atoms with Crippen molar-refractivity contribution in [2.75, 3.05) is 13.7 Å². The van der Waals surface area contributed by atoms with Crippen LogP contribution in [-0.2, 0) is 0 Å². The van der Waals surface area contributed by atoms with Crippen LogP contribution in [0, 0.1) is 0 Å². The SMILES string of the molecule is COc1ccc2c(c1)C(C[Se]c1ccccc1)CCO2. The predicted molar refractivity (Wildman–Crippen MR) is 82.5 cm³/mol. The van der Waals surface area contributed by atoms with E-state index in [1.807, 2.05) is 12.1 Å². The molecule has 0 aliphatic carbocycles. The van der Waals surface area contributed by atoms with Crippen LogP contribution in [0.15, 0.2) is 48.5 Å². The Morgan fingerprint density at radius 1 is 1.20 bits per heavy atom. The van der Waals surface area contributed by atoms with Gasteiger partial charge in [0, 0.05) is 0 Å². The van der Waals surface area contributed by atoms with Crippen molar-refractivity contribution < 1.29 is 9.47 Å². The zero-order valence-electron chi connectivity index (χ0n) is 11.5. The summed E-state index contributed by atoms with van der Waals surface area (Å²) < 4.78 is 12.6. The molecule has 2 nitrogen and oxygen atoms in total. The summed E-state index contributed by atoms with van der Waals surface area (Å²) >= 11 is 0.517. The Hall–Kier alpha value is -1.44. The first-order valence-corrected chi connectivity index (χ1v) is 8.92. The van der Waals surface area contributed by atoms with E-state index in [1.54, 1.807) is 7.11 Å². The fraction of sp³-hybridized carbons (Fsp3) is 0.294.